The molecule has 1 saturated carbocycles. The zero-order valence-corrected chi connectivity index (χ0v) is 42.0. The van der Waals surface area contributed by atoms with Crippen molar-refractivity contribution < 1.29 is 33.8 Å². The van der Waals surface area contributed by atoms with Crippen LogP contribution in [0.15, 0.2) is 91.0 Å². The Balaban J connectivity index is 0.634. The number of hydrogen-bond acceptors (Lipinski definition) is 13. The van der Waals surface area contributed by atoms with Crippen molar-refractivity contribution in [3.63, 3.8) is 0 Å². The number of para-hydroxylation sites is 1. The lowest BCUT2D eigenvalue weighted by Crippen LogP contribution is -2.46. The van der Waals surface area contributed by atoms with E-state index in [1.165, 1.54) is 11.3 Å². The number of carbonyl (C=O) groups is 4. The van der Waals surface area contributed by atoms with E-state index in [2.05, 4.69) is 43.6 Å². The summed E-state index contributed by atoms with van der Waals surface area (Å²) in [4.78, 5) is 67.0. The molecule has 3 aromatic heterocycles. The van der Waals surface area contributed by atoms with Crippen molar-refractivity contribution in [3.8, 4) is 16.9 Å². The van der Waals surface area contributed by atoms with Crippen molar-refractivity contribution in [2.45, 2.75) is 83.0 Å². The van der Waals surface area contributed by atoms with Crippen LogP contribution >= 0.6 is 11.3 Å². The second kappa shape index (κ2) is 20.7. The Morgan fingerprint density at radius 1 is 0.836 bits per heavy atom. The number of carboxylic acids is 1. The molecule has 1 unspecified atom stereocenters. The number of piperazine rings is 1. The van der Waals surface area contributed by atoms with Crippen molar-refractivity contribution in [2.75, 3.05) is 61.0 Å². The van der Waals surface area contributed by atoms with E-state index in [1.54, 1.807) is 0 Å². The fraction of sp³-hybridized carbons (Fsp3) is 0.375. The van der Waals surface area contributed by atoms with Gasteiger partial charge in [-0.25, -0.2) is 14.8 Å². The summed E-state index contributed by atoms with van der Waals surface area (Å²) in [6.45, 7) is 8.56. The van der Waals surface area contributed by atoms with Crippen LogP contribution in [0.25, 0.3) is 32.2 Å². The number of hydrogen-bond donors (Lipinski definition) is 3. The molecule has 16 nitrogen and oxygen atoms in total. The zero-order chi connectivity index (χ0) is 50.2. The number of nitrogens with zero attached hydrogens (tertiary/aromatic N) is 7. The third-order valence-electron chi connectivity index (χ3n) is 15.0. The van der Waals surface area contributed by atoms with Crippen molar-refractivity contribution in [3.05, 3.63) is 125 Å². The van der Waals surface area contributed by atoms with Gasteiger partial charge in [-0.1, -0.05) is 41.7 Å². The lowest BCUT2D eigenvalue weighted by Gasteiger charge is -2.36. The Morgan fingerprint density at radius 3 is 2.44 bits per heavy atom. The summed E-state index contributed by atoms with van der Waals surface area (Å²) in [5, 5.41) is 22.1. The number of amides is 3. The summed E-state index contributed by atoms with van der Waals surface area (Å²) in [5.74, 6) is -0.929. The van der Waals surface area contributed by atoms with Gasteiger partial charge in [0.05, 0.1) is 39.6 Å². The number of aromatic carboxylic acids is 1. The van der Waals surface area contributed by atoms with Gasteiger partial charge in [-0.2, -0.15) is 5.10 Å². The van der Waals surface area contributed by atoms with Crippen LogP contribution in [-0.2, 0) is 34.3 Å². The van der Waals surface area contributed by atoms with Crippen molar-refractivity contribution in [1.82, 2.24) is 30.0 Å². The predicted molar refractivity (Wildman–Crippen MR) is 282 cm³/mol. The number of anilines is 3. The molecule has 4 aromatic carbocycles. The Hall–Kier alpha value is -7.21. The minimum Gasteiger partial charge on any atom is -0.490 e. The van der Waals surface area contributed by atoms with Crippen molar-refractivity contribution in [1.29, 1.82) is 0 Å². The number of benzene rings is 4. The fourth-order valence-electron chi connectivity index (χ4n) is 11.1. The number of aryl methyl sites for hydroxylation is 2. The Bertz CT molecular complexity index is 3210. The van der Waals surface area contributed by atoms with E-state index < -0.39 is 11.9 Å². The van der Waals surface area contributed by atoms with Gasteiger partial charge in [0.25, 0.3) is 5.91 Å². The minimum atomic E-state index is -1.11. The lowest BCUT2D eigenvalue weighted by atomic mass is 9.93. The predicted octanol–water partition coefficient (Wildman–Crippen LogP) is 8.51. The normalized spacial score (nSPS) is 19.5. The summed E-state index contributed by atoms with van der Waals surface area (Å²) in [5.41, 5.74) is 8.45. The summed E-state index contributed by atoms with van der Waals surface area (Å²) >= 11 is 1.43. The Morgan fingerprint density at radius 2 is 1.64 bits per heavy atom. The molecule has 0 radical (unpaired) electrons. The van der Waals surface area contributed by atoms with Crippen LogP contribution in [0.5, 0.6) is 5.75 Å². The average molecular weight is 1000 g/mol. The third kappa shape index (κ3) is 10.3. The number of aromatic nitrogens is 4. The summed E-state index contributed by atoms with van der Waals surface area (Å²) in [7, 11) is 1.91. The molecule has 7 aromatic rings. The second-order valence-corrected chi connectivity index (χ2v) is 20.7. The van der Waals surface area contributed by atoms with Gasteiger partial charge in [-0.3, -0.25) is 34.6 Å². The highest BCUT2D eigenvalue weighted by molar-refractivity contribution is 7.22. The van der Waals surface area contributed by atoms with Gasteiger partial charge in [0.2, 0.25) is 11.8 Å². The summed E-state index contributed by atoms with van der Waals surface area (Å²) in [6.07, 6.45) is 6.47. The standard InChI is InChI=1S/C56H59N9O7S/c1-34-31-39(16-18-40(34)41-19-21-49(58-52(41)55(69)70)65-25-23-35-7-5-8-42(45(35)33-65)53(67)60-56-57-46-9-3-4-10-48(46)73-56)72-38-14-12-37(13-15-38)71-30-6-24-63-26-28-64(29-27-63)36-11-17-43-47(32-36)62(2)61-51(43)44-20-22-50(66)59-54(44)68/h3-5,7-11,16-19,21,31-32,37-38,44H,6,12-15,20,22-30,33H2,1-2H3,(H,69,70)(H,57,60,67)(H,59,66,68). The van der Waals surface area contributed by atoms with E-state index in [0.29, 0.717) is 54.4 Å². The third-order valence-corrected chi connectivity index (χ3v) is 15.9. The molecule has 3 amide bonds. The number of thiazole rings is 1. The van der Waals surface area contributed by atoms with Crippen LogP contribution in [0.4, 0.5) is 16.6 Å². The van der Waals surface area contributed by atoms with Gasteiger partial charge in [0.1, 0.15) is 11.6 Å². The van der Waals surface area contributed by atoms with E-state index in [-0.39, 0.29) is 35.6 Å². The molecule has 376 valence electrons. The number of ether oxygens (including phenoxy) is 2. The molecule has 11 rings (SSSR count). The molecule has 4 aliphatic rings. The maximum Gasteiger partial charge on any atom is 0.355 e. The Labute approximate surface area is 427 Å². The molecule has 17 heteroatoms. The molecule has 3 aliphatic heterocycles. The average Bonchev–Trinajstić information content (AvgIpc) is 3.97. The van der Waals surface area contributed by atoms with Crippen LogP contribution in [-0.4, -0.2) is 112 Å². The van der Waals surface area contributed by atoms with E-state index in [4.69, 9.17) is 19.6 Å². The molecule has 3 N–H and O–H groups in total. The van der Waals surface area contributed by atoms with Gasteiger partial charge in [0.15, 0.2) is 10.8 Å². The largest absolute Gasteiger partial charge is 0.490 e. The van der Waals surface area contributed by atoms with Gasteiger partial charge in [-0.05, 0) is 135 Å². The first-order chi connectivity index (χ1) is 35.5. The van der Waals surface area contributed by atoms with Crippen LogP contribution in [0.1, 0.15) is 94.1 Å². The number of piperidine rings is 1. The molecule has 1 atom stereocenters. The van der Waals surface area contributed by atoms with Crippen LogP contribution in [0.2, 0.25) is 0 Å². The summed E-state index contributed by atoms with van der Waals surface area (Å²) < 4.78 is 15.7. The first-order valence-corrected chi connectivity index (χ1v) is 26.3. The molecule has 73 heavy (non-hydrogen) atoms. The number of rotatable bonds is 14. The zero-order valence-electron chi connectivity index (χ0n) is 41.1. The lowest BCUT2D eigenvalue weighted by molar-refractivity contribution is -0.134. The SMILES string of the molecule is Cc1cc(OC2CCC(OCCCN3CCN(c4ccc5c(C6CCC(=O)NC6=O)nn(C)c5c4)CC3)CC2)ccc1-c1ccc(N2CCc3cccc(C(=O)Nc4nc5ccccc5s4)c3C2)nc1C(=O)O. The molecule has 0 bridgehead atoms. The first-order valence-electron chi connectivity index (χ1n) is 25.4. The molecule has 1 aliphatic carbocycles. The molecular weight excluding hydrogens is 943 g/mol. The highest BCUT2D eigenvalue weighted by Gasteiger charge is 2.32. The first kappa shape index (κ1) is 48.1. The van der Waals surface area contributed by atoms with Gasteiger partial charge >= 0.3 is 5.97 Å². The van der Waals surface area contributed by atoms with Gasteiger partial charge < -0.3 is 24.4 Å². The molecule has 3 fully saturated rings. The van der Waals surface area contributed by atoms with Gasteiger partial charge in [-0.15, -0.1) is 0 Å². The van der Waals surface area contributed by atoms with Crippen LogP contribution in [0, 0.1) is 6.92 Å². The fourth-order valence-corrected chi connectivity index (χ4v) is 11.9. The smallest absolute Gasteiger partial charge is 0.355 e. The van der Waals surface area contributed by atoms with E-state index >= 15 is 0 Å². The maximum absolute atomic E-state index is 13.6. The van der Waals surface area contributed by atoms with Crippen LogP contribution < -0.4 is 25.2 Å². The number of pyridine rings is 1. The maximum atomic E-state index is 13.6. The highest BCUT2D eigenvalue weighted by atomic mass is 32.1. The molecular formula is C56H59N9O7S. The number of carboxylic acid groups (broad SMARTS) is 1. The number of imide groups is 1. The summed E-state index contributed by atoms with van der Waals surface area (Å²) in [6, 6.07) is 29.5. The monoisotopic (exact) mass is 1000 g/mol. The van der Waals surface area contributed by atoms with E-state index in [0.717, 1.165) is 132 Å². The molecule has 0 spiro atoms. The second-order valence-electron chi connectivity index (χ2n) is 19.7. The number of fused-ring (bicyclic) bond motifs is 3. The Kier molecular flexibility index (Phi) is 13.6. The van der Waals surface area contributed by atoms with E-state index in [9.17, 15) is 24.3 Å². The molecule has 2 saturated heterocycles. The minimum absolute atomic E-state index is 0.0244. The topological polar surface area (TPSA) is 184 Å². The molecule has 6 heterocycles. The van der Waals surface area contributed by atoms with E-state index in [1.807, 2.05) is 96.3 Å². The van der Waals surface area contributed by atoms with Crippen LogP contribution in [0.3, 0.4) is 0 Å². The van der Waals surface area contributed by atoms with Crippen molar-refractivity contribution >= 4 is 72.8 Å². The number of carbonyl (C=O) groups excluding carboxylic acids is 3. The van der Waals surface area contributed by atoms with Gasteiger partial charge in [0, 0.05) is 88.1 Å². The highest BCUT2D eigenvalue weighted by Crippen LogP contribution is 2.36. The quantitative estimate of drug-likeness (QED) is 0.0697. The number of nitrogens with one attached hydrogen (secondary N) is 2. The van der Waals surface area contributed by atoms with Crippen molar-refractivity contribution in [2.24, 2.45) is 7.05 Å².